The molecule has 0 amide bonds. The summed E-state index contributed by atoms with van der Waals surface area (Å²) in [6.45, 7) is 1.70. The first-order valence-electron chi connectivity index (χ1n) is 8.70. The van der Waals surface area contributed by atoms with E-state index in [1.165, 1.54) is 0 Å². The van der Waals surface area contributed by atoms with Crippen LogP contribution in [0.15, 0.2) is 31.8 Å². The van der Waals surface area contributed by atoms with Gasteiger partial charge in [0, 0.05) is 30.0 Å². The molecule has 8 nitrogen and oxygen atoms in total. The van der Waals surface area contributed by atoms with Gasteiger partial charge in [0.1, 0.15) is 6.26 Å². The van der Waals surface area contributed by atoms with Gasteiger partial charge in [-0.05, 0) is 30.5 Å². The van der Waals surface area contributed by atoms with Crippen LogP contribution in [0.1, 0.15) is 36.0 Å². The molecule has 3 aromatic rings. The molecular weight excluding hydrogens is 418 g/mol. The van der Waals surface area contributed by atoms with Gasteiger partial charge in [-0.1, -0.05) is 21.1 Å². The van der Waals surface area contributed by atoms with Gasteiger partial charge < -0.3 is 23.2 Å². The van der Waals surface area contributed by atoms with E-state index >= 15 is 0 Å². The van der Waals surface area contributed by atoms with Crippen molar-refractivity contribution in [3.05, 3.63) is 40.1 Å². The highest BCUT2D eigenvalue weighted by atomic mass is 79.9. The molecular formula is C18H16BrN3O5. The lowest BCUT2D eigenvalue weighted by Crippen LogP contribution is -2.14. The summed E-state index contributed by atoms with van der Waals surface area (Å²) < 4.78 is 28.1. The minimum atomic E-state index is 0.235. The van der Waals surface area contributed by atoms with Crippen molar-refractivity contribution in [1.29, 1.82) is 0 Å². The summed E-state index contributed by atoms with van der Waals surface area (Å²) in [5, 5.41) is 4.06. The number of halogens is 1. The fraction of sp³-hybridized carbons (Fsp3) is 0.389. The van der Waals surface area contributed by atoms with Gasteiger partial charge in [-0.15, -0.1) is 0 Å². The van der Waals surface area contributed by atoms with E-state index in [9.17, 15) is 0 Å². The lowest BCUT2D eigenvalue weighted by Gasteiger charge is -2.18. The van der Waals surface area contributed by atoms with Crippen LogP contribution in [0.4, 0.5) is 0 Å². The van der Waals surface area contributed by atoms with Crippen LogP contribution >= 0.6 is 15.9 Å². The van der Waals surface area contributed by atoms with Crippen molar-refractivity contribution < 1.29 is 23.2 Å². The summed E-state index contributed by atoms with van der Waals surface area (Å²) >= 11 is 3.55. The van der Waals surface area contributed by atoms with E-state index in [1.807, 2.05) is 12.1 Å². The molecule has 0 saturated carbocycles. The van der Waals surface area contributed by atoms with Crippen LogP contribution in [0.25, 0.3) is 11.6 Å². The molecule has 0 unspecified atom stereocenters. The highest BCUT2D eigenvalue weighted by molar-refractivity contribution is 9.10. The average molecular weight is 434 g/mol. The summed E-state index contributed by atoms with van der Waals surface area (Å²) in [4.78, 5) is 8.98. The van der Waals surface area contributed by atoms with Crippen LogP contribution in [-0.4, -0.2) is 35.1 Å². The van der Waals surface area contributed by atoms with Gasteiger partial charge in [0.15, 0.2) is 28.9 Å². The van der Waals surface area contributed by atoms with Crippen LogP contribution < -0.4 is 9.47 Å². The van der Waals surface area contributed by atoms with E-state index in [2.05, 4.69) is 31.1 Å². The Morgan fingerprint density at radius 3 is 2.74 bits per heavy atom. The van der Waals surface area contributed by atoms with E-state index in [0.717, 1.165) is 47.6 Å². The average Bonchev–Trinajstić information content (AvgIpc) is 3.43. The third-order valence-corrected chi connectivity index (χ3v) is 5.41. The summed E-state index contributed by atoms with van der Waals surface area (Å²) in [6, 6.07) is 3.80. The number of aromatic nitrogens is 3. The lowest BCUT2D eigenvalue weighted by atomic mass is 10.0. The summed E-state index contributed by atoms with van der Waals surface area (Å²) in [6.07, 6.45) is 3.88. The van der Waals surface area contributed by atoms with Crippen LogP contribution in [0.2, 0.25) is 0 Å². The smallest absolute Gasteiger partial charge is 0.279 e. The predicted molar refractivity (Wildman–Crippen MR) is 95.7 cm³/mol. The van der Waals surface area contributed by atoms with Gasteiger partial charge in [0.25, 0.3) is 5.89 Å². The maximum atomic E-state index is 5.62. The molecule has 0 spiro atoms. The third kappa shape index (κ3) is 3.32. The van der Waals surface area contributed by atoms with E-state index in [1.54, 1.807) is 6.26 Å². The fourth-order valence-electron chi connectivity index (χ4n) is 3.21. The van der Waals surface area contributed by atoms with E-state index in [4.69, 9.17) is 23.2 Å². The third-order valence-electron chi connectivity index (χ3n) is 4.67. The molecule has 140 valence electrons. The minimum Gasteiger partial charge on any atom is -0.454 e. The first-order chi connectivity index (χ1) is 13.3. The van der Waals surface area contributed by atoms with Crippen molar-refractivity contribution in [2.75, 3.05) is 20.0 Å². The van der Waals surface area contributed by atoms with E-state index in [0.29, 0.717) is 29.7 Å². The van der Waals surface area contributed by atoms with Gasteiger partial charge in [-0.3, -0.25) is 0 Å². The molecule has 0 radical (unpaired) electrons. The van der Waals surface area contributed by atoms with Crippen molar-refractivity contribution in [3.63, 3.8) is 0 Å². The summed E-state index contributed by atoms with van der Waals surface area (Å²) in [7, 11) is 0. The molecule has 2 aliphatic heterocycles. The Kier molecular flexibility index (Phi) is 4.33. The van der Waals surface area contributed by atoms with Crippen LogP contribution in [-0.2, 0) is 11.2 Å². The Bertz CT molecular complexity index is 964. The highest BCUT2D eigenvalue weighted by Gasteiger charge is 2.23. The second kappa shape index (κ2) is 6.97. The number of benzene rings is 1. The van der Waals surface area contributed by atoms with Crippen LogP contribution in [0.3, 0.4) is 0 Å². The summed E-state index contributed by atoms with van der Waals surface area (Å²) in [5.74, 6) is 3.33. The van der Waals surface area contributed by atoms with Crippen molar-refractivity contribution in [2.24, 2.45) is 0 Å². The second-order valence-electron chi connectivity index (χ2n) is 6.45. The maximum Gasteiger partial charge on any atom is 0.279 e. The van der Waals surface area contributed by atoms with Gasteiger partial charge in [0.05, 0.1) is 0 Å². The molecule has 0 bridgehead atoms. The zero-order valence-corrected chi connectivity index (χ0v) is 15.9. The second-order valence-corrected chi connectivity index (χ2v) is 7.30. The number of oxazole rings is 1. The van der Waals surface area contributed by atoms with Crippen molar-refractivity contribution in [2.45, 2.75) is 25.2 Å². The zero-order chi connectivity index (χ0) is 18.2. The van der Waals surface area contributed by atoms with Crippen molar-refractivity contribution >= 4 is 15.9 Å². The molecule has 4 heterocycles. The molecule has 2 aromatic heterocycles. The Morgan fingerprint density at radius 1 is 1.07 bits per heavy atom. The first kappa shape index (κ1) is 16.8. The molecule has 1 aromatic carbocycles. The molecule has 1 saturated heterocycles. The Balaban J connectivity index is 1.34. The molecule has 27 heavy (non-hydrogen) atoms. The number of nitrogens with zero attached hydrogens (tertiary/aromatic N) is 3. The topological polar surface area (TPSA) is 92.6 Å². The minimum absolute atomic E-state index is 0.235. The van der Waals surface area contributed by atoms with E-state index < -0.39 is 0 Å². The van der Waals surface area contributed by atoms with Crippen molar-refractivity contribution in [1.82, 2.24) is 15.1 Å². The fourth-order valence-corrected chi connectivity index (χ4v) is 3.68. The van der Waals surface area contributed by atoms with Crippen molar-refractivity contribution in [3.8, 4) is 23.1 Å². The molecule has 2 aliphatic rings. The number of ether oxygens (including phenoxy) is 3. The SMILES string of the molecule is Brc1cc2c(cc1Cc1noc(-c3coc(C4CCOCC4)n3)n1)OCO2. The predicted octanol–water partition coefficient (Wildman–Crippen LogP) is 3.70. The van der Waals surface area contributed by atoms with Crippen LogP contribution in [0.5, 0.6) is 11.5 Å². The largest absolute Gasteiger partial charge is 0.454 e. The van der Waals surface area contributed by atoms with Gasteiger partial charge in [0.2, 0.25) is 6.79 Å². The zero-order valence-electron chi connectivity index (χ0n) is 14.3. The quantitative estimate of drug-likeness (QED) is 0.614. The Labute approximate surface area is 162 Å². The molecule has 5 rings (SSSR count). The lowest BCUT2D eigenvalue weighted by molar-refractivity contribution is 0.0794. The number of fused-ring (bicyclic) bond motifs is 1. The Hall–Kier alpha value is -2.39. The molecule has 0 N–H and O–H groups in total. The number of rotatable bonds is 4. The Morgan fingerprint density at radius 2 is 1.89 bits per heavy atom. The molecule has 0 aliphatic carbocycles. The molecule has 0 atom stereocenters. The van der Waals surface area contributed by atoms with Gasteiger partial charge in [-0.25, -0.2) is 4.98 Å². The number of hydrogen-bond donors (Lipinski definition) is 0. The van der Waals surface area contributed by atoms with Gasteiger partial charge >= 0.3 is 0 Å². The first-order valence-corrected chi connectivity index (χ1v) is 9.50. The molecule has 1 fully saturated rings. The molecule has 9 heteroatoms. The monoisotopic (exact) mass is 433 g/mol. The normalized spacial score (nSPS) is 16.8. The van der Waals surface area contributed by atoms with Crippen LogP contribution in [0, 0.1) is 0 Å². The number of hydrogen-bond acceptors (Lipinski definition) is 8. The standard InChI is InChI=1S/C18H16BrN3O5/c19-12-7-15-14(25-9-26-15)5-11(12)6-16-21-18(27-22-16)13-8-24-17(20-13)10-1-3-23-4-2-10/h5,7-8,10H,1-4,6,9H2. The maximum absolute atomic E-state index is 5.62. The highest BCUT2D eigenvalue weighted by Crippen LogP contribution is 2.37. The summed E-state index contributed by atoms with van der Waals surface area (Å²) in [5.41, 5.74) is 1.54. The van der Waals surface area contributed by atoms with Gasteiger partial charge in [-0.2, -0.15) is 4.98 Å². The van der Waals surface area contributed by atoms with E-state index in [-0.39, 0.29) is 12.7 Å².